The smallest absolute Gasteiger partial charge is 0.271 e. The first-order valence-electron chi connectivity index (χ1n) is 11.0. The maximum absolute atomic E-state index is 12.5. The molecule has 10 heteroatoms. The number of halogens is 2. The van der Waals surface area contributed by atoms with Crippen LogP contribution in [0.25, 0.3) is 0 Å². The summed E-state index contributed by atoms with van der Waals surface area (Å²) in [5, 5.41) is 5.09. The van der Waals surface area contributed by atoms with Gasteiger partial charge in [-0.1, -0.05) is 35.3 Å². The van der Waals surface area contributed by atoms with Gasteiger partial charge in [-0.25, -0.2) is 13.8 Å². The summed E-state index contributed by atoms with van der Waals surface area (Å²) in [5.74, 6) is 0.259. The first-order valence-corrected chi connectivity index (χ1v) is 13.2. The molecule has 1 amide bonds. The summed E-state index contributed by atoms with van der Waals surface area (Å²) in [5.41, 5.74) is 4.85. The number of ether oxygens (including phenoxy) is 1. The first kappa shape index (κ1) is 26.2. The largest absolute Gasteiger partial charge is 0.489 e. The van der Waals surface area contributed by atoms with Gasteiger partial charge in [0.15, 0.2) is 0 Å². The SMILES string of the molecule is O=C(N/N=C\c1ccc(OCc2ccc(Cl)cc2)cc1)c1ccc(NS(=O)(=O)c2ccc(Cl)cc2)cc1. The van der Waals surface area contributed by atoms with E-state index in [2.05, 4.69) is 15.2 Å². The van der Waals surface area contributed by atoms with E-state index < -0.39 is 15.9 Å². The number of carbonyl (C=O) groups excluding carboxylic acids is 1. The van der Waals surface area contributed by atoms with E-state index in [0.29, 0.717) is 33.7 Å². The second kappa shape index (κ2) is 11.9. The van der Waals surface area contributed by atoms with Gasteiger partial charge in [0.25, 0.3) is 15.9 Å². The fourth-order valence-electron chi connectivity index (χ4n) is 3.14. The molecule has 0 atom stereocenters. The fourth-order valence-corrected chi connectivity index (χ4v) is 4.46. The van der Waals surface area contributed by atoms with Gasteiger partial charge in [0, 0.05) is 21.3 Å². The molecule has 4 rings (SSSR count). The van der Waals surface area contributed by atoms with Crippen LogP contribution in [0.2, 0.25) is 10.0 Å². The molecule has 0 saturated carbocycles. The van der Waals surface area contributed by atoms with Gasteiger partial charge in [-0.15, -0.1) is 0 Å². The normalized spacial score (nSPS) is 11.3. The molecule has 7 nitrogen and oxygen atoms in total. The highest BCUT2D eigenvalue weighted by molar-refractivity contribution is 7.92. The van der Waals surface area contributed by atoms with Crippen molar-refractivity contribution in [3.05, 3.63) is 124 Å². The lowest BCUT2D eigenvalue weighted by molar-refractivity contribution is 0.0955. The number of rotatable bonds is 9. The van der Waals surface area contributed by atoms with E-state index in [1.807, 2.05) is 48.5 Å². The van der Waals surface area contributed by atoms with Crippen molar-refractivity contribution in [1.29, 1.82) is 0 Å². The van der Waals surface area contributed by atoms with Crippen molar-refractivity contribution >= 4 is 51.0 Å². The molecule has 4 aromatic carbocycles. The van der Waals surface area contributed by atoms with Gasteiger partial charge in [-0.3, -0.25) is 9.52 Å². The maximum atomic E-state index is 12.5. The molecule has 0 aromatic heterocycles. The van der Waals surface area contributed by atoms with E-state index in [1.165, 1.54) is 54.7 Å². The third kappa shape index (κ3) is 7.57. The Balaban J connectivity index is 1.28. The van der Waals surface area contributed by atoms with Crippen LogP contribution in [0.15, 0.2) is 107 Å². The Bertz CT molecular complexity index is 1490. The number of carbonyl (C=O) groups is 1. The van der Waals surface area contributed by atoms with E-state index in [0.717, 1.165) is 11.1 Å². The molecule has 0 radical (unpaired) electrons. The second-order valence-electron chi connectivity index (χ2n) is 7.82. The maximum Gasteiger partial charge on any atom is 0.271 e. The van der Waals surface area contributed by atoms with Crippen molar-refractivity contribution in [2.75, 3.05) is 4.72 Å². The number of hydrazone groups is 1. The number of anilines is 1. The number of sulfonamides is 1. The highest BCUT2D eigenvalue weighted by Crippen LogP contribution is 2.19. The minimum Gasteiger partial charge on any atom is -0.489 e. The quantitative estimate of drug-likeness (QED) is 0.192. The molecule has 4 aromatic rings. The van der Waals surface area contributed by atoms with Crippen LogP contribution in [0.3, 0.4) is 0 Å². The summed E-state index contributed by atoms with van der Waals surface area (Å²) in [6.07, 6.45) is 1.51. The molecular formula is C27H21Cl2N3O4S. The lowest BCUT2D eigenvalue weighted by Crippen LogP contribution is -2.18. The molecule has 0 fully saturated rings. The van der Waals surface area contributed by atoms with E-state index in [9.17, 15) is 13.2 Å². The minimum atomic E-state index is -3.78. The summed E-state index contributed by atoms with van der Waals surface area (Å²) in [6.45, 7) is 0.419. The summed E-state index contributed by atoms with van der Waals surface area (Å²) in [7, 11) is -3.78. The van der Waals surface area contributed by atoms with Crippen LogP contribution in [-0.2, 0) is 16.6 Å². The van der Waals surface area contributed by atoms with E-state index in [1.54, 1.807) is 0 Å². The molecule has 188 valence electrons. The first-order chi connectivity index (χ1) is 17.8. The molecule has 0 aliphatic rings. The summed E-state index contributed by atoms with van der Waals surface area (Å²) in [4.78, 5) is 12.5. The van der Waals surface area contributed by atoms with Crippen molar-refractivity contribution in [3.8, 4) is 5.75 Å². The molecule has 0 unspecified atom stereocenters. The number of hydrogen-bond donors (Lipinski definition) is 2. The van der Waals surface area contributed by atoms with Gasteiger partial charge in [0.2, 0.25) is 0 Å². The van der Waals surface area contributed by atoms with Crippen LogP contribution in [0, 0.1) is 0 Å². The zero-order valence-corrected chi connectivity index (χ0v) is 21.6. The van der Waals surface area contributed by atoms with E-state index in [4.69, 9.17) is 27.9 Å². The summed E-state index contributed by atoms with van der Waals surface area (Å²) < 4.78 is 33.2. The van der Waals surface area contributed by atoms with Crippen molar-refractivity contribution in [3.63, 3.8) is 0 Å². The van der Waals surface area contributed by atoms with Crippen LogP contribution < -0.4 is 14.9 Å². The topological polar surface area (TPSA) is 96.9 Å². The van der Waals surface area contributed by atoms with Gasteiger partial charge in [-0.05, 0) is 96.1 Å². The Morgan fingerprint density at radius 2 is 1.41 bits per heavy atom. The van der Waals surface area contributed by atoms with Gasteiger partial charge in [-0.2, -0.15) is 5.10 Å². The summed E-state index contributed by atoms with van der Waals surface area (Å²) in [6, 6.07) is 26.5. The molecule has 0 spiro atoms. The monoisotopic (exact) mass is 553 g/mol. The second-order valence-corrected chi connectivity index (χ2v) is 10.4. The number of nitrogens with zero attached hydrogens (tertiary/aromatic N) is 1. The van der Waals surface area contributed by atoms with E-state index >= 15 is 0 Å². The van der Waals surface area contributed by atoms with Gasteiger partial charge in [0.05, 0.1) is 11.1 Å². The molecule has 0 saturated heterocycles. The Labute approximate surface area is 224 Å². The minimum absolute atomic E-state index is 0.0780. The Kier molecular flexibility index (Phi) is 8.45. The molecule has 0 aliphatic carbocycles. The third-order valence-corrected chi connectivity index (χ3v) is 7.00. The molecular weight excluding hydrogens is 533 g/mol. The van der Waals surface area contributed by atoms with Crippen molar-refractivity contribution in [2.24, 2.45) is 5.10 Å². The Morgan fingerprint density at radius 1 is 0.811 bits per heavy atom. The lowest BCUT2D eigenvalue weighted by Gasteiger charge is -2.09. The number of hydrogen-bond acceptors (Lipinski definition) is 5. The zero-order chi connectivity index (χ0) is 26.3. The zero-order valence-electron chi connectivity index (χ0n) is 19.3. The fraction of sp³-hybridized carbons (Fsp3) is 0.0370. The Hall–Kier alpha value is -3.85. The average Bonchev–Trinajstić information content (AvgIpc) is 2.89. The van der Waals surface area contributed by atoms with E-state index in [-0.39, 0.29) is 4.90 Å². The third-order valence-electron chi connectivity index (χ3n) is 5.10. The predicted molar refractivity (Wildman–Crippen MR) is 146 cm³/mol. The van der Waals surface area contributed by atoms with Crippen molar-refractivity contribution in [2.45, 2.75) is 11.5 Å². The van der Waals surface area contributed by atoms with Gasteiger partial charge >= 0.3 is 0 Å². The van der Waals surface area contributed by atoms with Crippen LogP contribution in [0.5, 0.6) is 5.75 Å². The highest BCUT2D eigenvalue weighted by Gasteiger charge is 2.14. The summed E-state index contributed by atoms with van der Waals surface area (Å²) >= 11 is 11.7. The van der Waals surface area contributed by atoms with Crippen molar-refractivity contribution < 1.29 is 17.9 Å². The molecule has 37 heavy (non-hydrogen) atoms. The van der Waals surface area contributed by atoms with Crippen LogP contribution in [0.1, 0.15) is 21.5 Å². The average molecular weight is 554 g/mol. The van der Waals surface area contributed by atoms with Gasteiger partial charge in [0.1, 0.15) is 12.4 Å². The van der Waals surface area contributed by atoms with Crippen LogP contribution in [-0.4, -0.2) is 20.5 Å². The van der Waals surface area contributed by atoms with Crippen LogP contribution >= 0.6 is 23.2 Å². The molecule has 2 N–H and O–H groups in total. The predicted octanol–water partition coefficient (Wildman–Crippen LogP) is 6.14. The van der Waals surface area contributed by atoms with Crippen molar-refractivity contribution in [1.82, 2.24) is 5.43 Å². The number of benzene rings is 4. The number of nitrogens with one attached hydrogen (secondary N) is 2. The lowest BCUT2D eigenvalue weighted by atomic mass is 10.2. The number of amides is 1. The van der Waals surface area contributed by atoms with Crippen LogP contribution in [0.4, 0.5) is 5.69 Å². The molecule has 0 heterocycles. The molecule has 0 bridgehead atoms. The van der Waals surface area contributed by atoms with Gasteiger partial charge < -0.3 is 4.74 Å². The Morgan fingerprint density at radius 3 is 2.03 bits per heavy atom. The molecule has 0 aliphatic heterocycles. The standard InChI is InChI=1S/C27H21Cl2N3O4S/c28-22-7-1-20(2-8-22)18-36-25-13-3-19(4-14-25)17-30-31-27(33)21-5-11-24(12-6-21)32-37(34,35)26-15-9-23(29)10-16-26/h1-17,32H,18H2,(H,31,33)/b30-17-. The highest BCUT2D eigenvalue weighted by atomic mass is 35.5.